The number of amides is 1. The number of hydrogen-bond acceptors (Lipinski definition) is 3. The second-order valence-corrected chi connectivity index (χ2v) is 5.44. The second-order valence-electron chi connectivity index (χ2n) is 5.44. The average molecular weight is 296 g/mol. The molecule has 4 nitrogen and oxygen atoms in total. The van der Waals surface area contributed by atoms with E-state index < -0.39 is 0 Å². The lowest BCUT2D eigenvalue weighted by Crippen LogP contribution is -2.55. The maximum Gasteiger partial charge on any atom is 0.237 e. The number of carbonyl (C=O) groups excluding carboxylic acids is 1. The van der Waals surface area contributed by atoms with Gasteiger partial charge in [-0.2, -0.15) is 0 Å². The molecular weight excluding hydrogens is 276 g/mol. The van der Waals surface area contributed by atoms with Crippen molar-refractivity contribution in [1.29, 1.82) is 0 Å². The summed E-state index contributed by atoms with van der Waals surface area (Å²) in [6.07, 6.45) is 0.610. The summed E-state index contributed by atoms with van der Waals surface area (Å²) in [5, 5.41) is 6.45. The van der Waals surface area contributed by atoms with E-state index in [0.29, 0.717) is 13.0 Å². The van der Waals surface area contributed by atoms with Crippen molar-refractivity contribution >= 4 is 5.91 Å². The van der Waals surface area contributed by atoms with Crippen molar-refractivity contribution in [3.63, 3.8) is 0 Å². The first-order chi connectivity index (χ1) is 10.8. The first kappa shape index (κ1) is 14.6. The fourth-order valence-electron chi connectivity index (χ4n) is 2.85. The highest BCUT2D eigenvalue weighted by Crippen LogP contribution is 2.22. The van der Waals surface area contributed by atoms with Gasteiger partial charge in [-0.25, -0.2) is 0 Å². The van der Waals surface area contributed by atoms with Gasteiger partial charge in [0.1, 0.15) is 5.75 Å². The molecule has 0 aliphatic carbocycles. The van der Waals surface area contributed by atoms with E-state index in [2.05, 4.69) is 22.8 Å². The Morgan fingerprint density at radius 1 is 1.09 bits per heavy atom. The monoisotopic (exact) mass is 296 g/mol. The van der Waals surface area contributed by atoms with Crippen LogP contribution in [-0.4, -0.2) is 25.6 Å². The number of methoxy groups -OCH3 is 1. The van der Waals surface area contributed by atoms with E-state index in [0.717, 1.165) is 11.3 Å². The van der Waals surface area contributed by atoms with E-state index >= 15 is 0 Å². The summed E-state index contributed by atoms with van der Waals surface area (Å²) in [6.45, 7) is 0.616. The first-order valence-electron chi connectivity index (χ1n) is 7.48. The zero-order chi connectivity index (χ0) is 15.4. The molecule has 0 aromatic heterocycles. The summed E-state index contributed by atoms with van der Waals surface area (Å²) in [6, 6.07) is 17.9. The van der Waals surface area contributed by atoms with Crippen LogP contribution in [0.1, 0.15) is 17.2 Å². The van der Waals surface area contributed by atoms with Crippen molar-refractivity contribution in [1.82, 2.24) is 10.6 Å². The van der Waals surface area contributed by atoms with E-state index in [1.54, 1.807) is 7.11 Å². The van der Waals surface area contributed by atoms with Crippen molar-refractivity contribution in [2.45, 2.75) is 18.5 Å². The number of benzene rings is 2. The highest BCUT2D eigenvalue weighted by atomic mass is 16.5. The van der Waals surface area contributed by atoms with Crippen LogP contribution in [0.5, 0.6) is 5.75 Å². The first-order valence-corrected chi connectivity index (χ1v) is 7.48. The number of ether oxygens (including phenoxy) is 1. The molecule has 114 valence electrons. The third kappa shape index (κ3) is 3.12. The SMILES string of the molecule is COc1ccccc1C[C@@H]1N[C@H](c2ccccc2)CNC1=O. The molecule has 1 aliphatic heterocycles. The van der Waals surface area contributed by atoms with Crippen molar-refractivity contribution in [2.24, 2.45) is 0 Å². The minimum atomic E-state index is -0.254. The number of piperazine rings is 1. The lowest BCUT2D eigenvalue weighted by atomic mass is 9.98. The van der Waals surface area contributed by atoms with Crippen molar-refractivity contribution in [2.75, 3.05) is 13.7 Å². The number of nitrogens with one attached hydrogen (secondary N) is 2. The predicted molar refractivity (Wildman–Crippen MR) is 85.8 cm³/mol. The fourth-order valence-corrected chi connectivity index (χ4v) is 2.85. The Morgan fingerprint density at radius 2 is 1.82 bits per heavy atom. The van der Waals surface area contributed by atoms with Gasteiger partial charge in [-0.1, -0.05) is 48.5 Å². The Labute approximate surface area is 130 Å². The van der Waals surface area contributed by atoms with Gasteiger partial charge in [-0.3, -0.25) is 10.1 Å². The third-order valence-corrected chi connectivity index (χ3v) is 4.02. The lowest BCUT2D eigenvalue weighted by molar-refractivity contribution is -0.125. The highest BCUT2D eigenvalue weighted by Gasteiger charge is 2.29. The van der Waals surface area contributed by atoms with Gasteiger partial charge in [0.2, 0.25) is 5.91 Å². The lowest BCUT2D eigenvalue weighted by Gasteiger charge is -2.31. The van der Waals surface area contributed by atoms with E-state index in [1.165, 1.54) is 5.56 Å². The number of para-hydroxylation sites is 1. The molecule has 0 unspecified atom stereocenters. The topological polar surface area (TPSA) is 50.4 Å². The van der Waals surface area contributed by atoms with Crippen LogP contribution in [0, 0.1) is 0 Å². The Bertz CT molecular complexity index is 643. The molecule has 1 aliphatic rings. The van der Waals surface area contributed by atoms with E-state index in [1.807, 2.05) is 42.5 Å². The van der Waals surface area contributed by atoms with Gasteiger partial charge in [-0.15, -0.1) is 0 Å². The molecule has 3 rings (SSSR count). The van der Waals surface area contributed by atoms with E-state index in [4.69, 9.17) is 4.74 Å². The van der Waals surface area contributed by atoms with Gasteiger partial charge >= 0.3 is 0 Å². The quantitative estimate of drug-likeness (QED) is 0.908. The van der Waals surface area contributed by atoms with Gasteiger partial charge in [0, 0.05) is 13.0 Å². The molecule has 0 bridgehead atoms. The molecule has 0 radical (unpaired) electrons. The van der Waals surface area contributed by atoms with Crippen LogP contribution in [0.4, 0.5) is 0 Å². The molecule has 0 saturated carbocycles. The van der Waals surface area contributed by atoms with Crippen molar-refractivity contribution < 1.29 is 9.53 Å². The zero-order valence-electron chi connectivity index (χ0n) is 12.6. The molecule has 1 heterocycles. The predicted octanol–water partition coefficient (Wildman–Crippen LogP) is 2.07. The van der Waals surface area contributed by atoms with Gasteiger partial charge in [0.25, 0.3) is 0 Å². The Balaban J connectivity index is 1.76. The molecule has 0 spiro atoms. The normalized spacial score (nSPS) is 21.2. The minimum absolute atomic E-state index is 0.0399. The van der Waals surface area contributed by atoms with Crippen molar-refractivity contribution in [3.05, 3.63) is 65.7 Å². The molecule has 2 atom stereocenters. The standard InChI is InChI=1S/C18H20N2O2/c1-22-17-10-6-5-9-14(17)11-15-18(21)19-12-16(20-15)13-7-3-2-4-8-13/h2-10,15-16,20H,11-12H2,1H3,(H,19,21)/t15-,16-/m0/s1. The molecule has 2 aromatic carbocycles. The zero-order valence-corrected chi connectivity index (χ0v) is 12.6. The van der Waals surface area contributed by atoms with Gasteiger partial charge < -0.3 is 10.1 Å². The largest absolute Gasteiger partial charge is 0.496 e. The van der Waals surface area contributed by atoms with E-state index in [-0.39, 0.29) is 18.0 Å². The summed E-state index contributed by atoms with van der Waals surface area (Å²) >= 11 is 0. The van der Waals surface area contributed by atoms with Gasteiger partial charge in [0.15, 0.2) is 0 Å². The minimum Gasteiger partial charge on any atom is -0.496 e. The third-order valence-electron chi connectivity index (χ3n) is 4.02. The summed E-state index contributed by atoms with van der Waals surface area (Å²) in [5.74, 6) is 0.858. The fraction of sp³-hybridized carbons (Fsp3) is 0.278. The summed E-state index contributed by atoms with van der Waals surface area (Å²) < 4.78 is 5.37. The summed E-state index contributed by atoms with van der Waals surface area (Å²) in [4.78, 5) is 12.2. The van der Waals surface area contributed by atoms with Crippen LogP contribution in [0.3, 0.4) is 0 Å². The number of hydrogen-bond donors (Lipinski definition) is 2. The molecule has 22 heavy (non-hydrogen) atoms. The smallest absolute Gasteiger partial charge is 0.237 e. The second kappa shape index (κ2) is 6.62. The molecule has 2 aromatic rings. The van der Waals surface area contributed by atoms with Crippen molar-refractivity contribution in [3.8, 4) is 5.75 Å². The molecule has 1 saturated heterocycles. The molecule has 2 N–H and O–H groups in total. The van der Waals surface area contributed by atoms with Crippen LogP contribution in [0.25, 0.3) is 0 Å². The Hall–Kier alpha value is -2.33. The van der Waals surface area contributed by atoms with Crippen LogP contribution in [0.2, 0.25) is 0 Å². The molecule has 1 amide bonds. The van der Waals surface area contributed by atoms with E-state index in [9.17, 15) is 4.79 Å². The molecule has 1 fully saturated rings. The molecule has 4 heteroatoms. The number of carbonyl (C=O) groups is 1. The summed E-state index contributed by atoms with van der Waals surface area (Å²) in [5.41, 5.74) is 2.22. The maximum atomic E-state index is 12.2. The Kier molecular flexibility index (Phi) is 4.39. The van der Waals surface area contributed by atoms with Crippen LogP contribution in [-0.2, 0) is 11.2 Å². The maximum absolute atomic E-state index is 12.2. The van der Waals surface area contributed by atoms with Gasteiger partial charge in [-0.05, 0) is 17.2 Å². The van der Waals surface area contributed by atoms with Crippen LogP contribution < -0.4 is 15.4 Å². The summed E-state index contributed by atoms with van der Waals surface area (Å²) in [7, 11) is 1.65. The van der Waals surface area contributed by atoms with Crippen LogP contribution >= 0.6 is 0 Å². The number of rotatable bonds is 4. The van der Waals surface area contributed by atoms with Gasteiger partial charge in [0.05, 0.1) is 19.2 Å². The van der Waals surface area contributed by atoms with Crippen LogP contribution in [0.15, 0.2) is 54.6 Å². The highest BCUT2D eigenvalue weighted by molar-refractivity contribution is 5.83. The Morgan fingerprint density at radius 3 is 2.59 bits per heavy atom. The average Bonchev–Trinajstić information content (AvgIpc) is 2.58. The molecular formula is C18H20N2O2.